The van der Waals surface area contributed by atoms with Gasteiger partial charge in [0.2, 0.25) is 5.95 Å². The van der Waals surface area contributed by atoms with Crippen molar-refractivity contribution < 1.29 is 4.79 Å². The van der Waals surface area contributed by atoms with Crippen molar-refractivity contribution >= 4 is 11.9 Å². The Hall–Kier alpha value is -3.28. The Morgan fingerprint density at radius 2 is 1.84 bits per heavy atom. The molecule has 0 saturated carbocycles. The minimum Gasteiger partial charge on any atom is -0.350 e. The van der Waals surface area contributed by atoms with Gasteiger partial charge in [-0.25, -0.2) is 9.97 Å². The molecule has 0 unspecified atom stereocenters. The summed E-state index contributed by atoms with van der Waals surface area (Å²) < 4.78 is 0. The fourth-order valence-electron chi connectivity index (χ4n) is 2.35. The second-order valence-corrected chi connectivity index (χ2v) is 5.65. The number of aromatic nitrogens is 3. The Labute approximate surface area is 146 Å². The van der Waals surface area contributed by atoms with E-state index in [9.17, 15) is 4.79 Å². The quantitative estimate of drug-likeness (QED) is 0.725. The molecular weight excluding hydrogens is 314 g/mol. The van der Waals surface area contributed by atoms with Crippen molar-refractivity contribution in [2.75, 3.05) is 5.32 Å². The van der Waals surface area contributed by atoms with E-state index in [1.807, 2.05) is 43.3 Å². The number of carbonyl (C=O) groups is 1. The van der Waals surface area contributed by atoms with E-state index in [1.165, 1.54) is 0 Å². The number of nitrogens with one attached hydrogen (secondary N) is 2. The maximum Gasteiger partial charge on any atom is 0.270 e. The second kappa shape index (κ2) is 8.01. The smallest absolute Gasteiger partial charge is 0.270 e. The number of benzene rings is 1. The number of aryl methyl sites for hydroxylation is 1. The van der Waals surface area contributed by atoms with Gasteiger partial charge in [-0.05, 0) is 36.2 Å². The summed E-state index contributed by atoms with van der Waals surface area (Å²) in [5.41, 5.74) is 3.61. The standard InChI is InChI=1S/C19H19N5O/c1-14-3-2-4-16(11-14)13-22-18(25)17-7-10-21-19(24-17)23-12-15-5-8-20-9-6-15/h2-11H,12-13H2,1H3,(H,22,25)(H,21,23,24). The normalized spacial score (nSPS) is 10.3. The van der Waals surface area contributed by atoms with Gasteiger partial charge in [0.25, 0.3) is 5.91 Å². The summed E-state index contributed by atoms with van der Waals surface area (Å²) in [6.07, 6.45) is 5.03. The van der Waals surface area contributed by atoms with Crippen LogP contribution in [0.1, 0.15) is 27.2 Å². The third kappa shape index (κ3) is 4.84. The first-order valence-electron chi connectivity index (χ1n) is 8.00. The zero-order valence-electron chi connectivity index (χ0n) is 13.9. The van der Waals surface area contributed by atoms with Crippen LogP contribution in [0.5, 0.6) is 0 Å². The lowest BCUT2D eigenvalue weighted by Crippen LogP contribution is -2.24. The van der Waals surface area contributed by atoms with E-state index in [4.69, 9.17) is 0 Å². The summed E-state index contributed by atoms with van der Waals surface area (Å²) in [6, 6.07) is 13.4. The summed E-state index contributed by atoms with van der Waals surface area (Å²) in [5.74, 6) is 0.191. The highest BCUT2D eigenvalue weighted by atomic mass is 16.1. The average Bonchev–Trinajstić information content (AvgIpc) is 2.65. The van der Waals surface area contributed by atoms with Crippen LogP contribution in [0.2, 0.25) is 0 Å². The van der Waals surface area contributed by atoms with Gasteiger partial charge in [-0.15, -0.1) is 0 Å². The molecule has 25 heavy (non-hydrogen) atoms. The monoisotopic (exact) mass is 333 g/mol. The SMILES string of the molecule is Cc1cccc(CNC(=O)c2ccnc(NCc3ccncc3)n2)c1. The van der Waals surface area contributed by atoms with E-state index in [2.05, 4.69) is 25.6 Å². The van der Waals surface area contributed by atoms with Crippen LogP contribution >= 0.6 is 0 Å². The zero-order valence-corrected chi connectivity index (χ0v) is 13.9. The van der Waals surface area contributed by atoms with E-state index in [1.54, 1.807) is 24.7 Å². The topological polar surface area (TPSA) is 79.8 Å². The first kappa shape index (κ1) is 16.6. The first-order chi connectivity index (χ1) is 12.2. The number of rotatable bonds is 6. The average molecular weight is 333 g/mol. The van der Waals surface area contributed by atoms with Crippen molar-refractivity contribution in [3.05, 3.63) is 83.4 Å². The third-order valence-electron chi connectivity index (χ3n) is 3.62. The van der Waals surface area contributed by atoms with Gasteiger partial charge in [0.1, 0.15) is 5.69 Å². The molecule has 0 atom stereocenters. The van der Waals surface area contributed by atoms with Crippen LogP contribution in [-0.4, -0.2) is 20.9 Å². The molecule has 0 spiro atoms. The van der Waals surface area contributed by atoms with Gasteiger partial charge >= 0.3 is 0 Å². The molecule has 0 aliphatic carbocycles. The highest BCUT2D eigenvalue weighted by Crippen LogP contribution is 2.06. The summed E-state index contributed by atoms with van der Waals surface area (Å²) in [6.45, 7) is 3.05. The number of amides is 1. The molecule has 0 saturated heterocycles. The van der Waals surface area contributed by atoms with Crippen molar-refractivity contribution in [3.8, 4) is 0 Å². The van der Waals surface area contributed by atoms with Crippen LogP contribution in [0.4, 0.5) is 5.95 Å². The molecule has 126 valence electrons. The molecule has 0 bridgehead atoms. The Morgan fingerprint density at radius 3 is 2.64 bits per heavy atom. The van der Waals surface area contributed by atoms with E-state index in [-0.39, 0.29) is 5.91 Å². The van der Waals surface area contributed by atoms with E-state index >= 15 is 0 Å². The van der Waals surface area contributed by atoms with Gasteiger partial charge in [-0.2, -0.15) is 0 Å². The van der Waals surface area contributed by atoms with Gasteiger partial charge < -0.3 is 10.6 Å². The summed E-state index contributed by atoms with van der Waals surface area (Å²) in [4.78, 5) is 24.7. The molecule has 6 heteroatoms. The summed E-state index contributed by atoms with van der Waals surface area (Å²) in [7, 11) is 0. The largest absolute Gasteiger partial charge is 0.350 e. The van der Waals surface area contributed by atoms with Crippen molar-refractivity contribution in [3.63, 3.8) is 0 Å². The fraction of sp³-hybridized carbons (Fsp3) is 0.158. The van der Waals surface area contributed by atoms with Crippen LogP contribution in [0.3, 0.4) is 0 Å². The number of hydrogen-bond acceptors (Lipinski definition) is 5. The van der Waals surface area contributed by atoms with Gasteiger partial charge in [-0.1, -0.05) is 29.8 Å². The number of anilines is 1. The number of hydrogen-bond donors (Lipinski definition) is 2. The molecule has 1 amide bonds. The lowest BCUT2D eigenvalue weighted by atomic mass is 10.1. The molecule has 0 fully saturated rings. The highest BCUT2D eigenvalue weighted by molar-refractivity contribution is 5.92. The molecule has 1 aromatic carbocycles. The Kier molecular flexibility index (Phi) is 5.31. The first-order valence-corrected chi connectivity index (χ1v) is 8.00. The zero-order chi connectivity index (χ0) is 17.5. The van der Waals surface area contributed by atoms with E-state index in [0.29, 0.717) is 24.7 Å². The maximum absolute atomic E-state index is 12.3. The third-order valence-corrected chi connectivity index (χ3v) is 3.62. The van der Waals surface area contributed by atoms with Crippen LogP contribution in [0.25, 0.3) is 0 Å². The summed E-state index contributed by atoms with van der Waals surface area (Å²) in [5, 5.41) is 5.99. The van der Waals surface area contributed by atoms with Crippen LogP contribution in [0, 0.1) is 6.92 Å². The Balaban J connectivity index is 1.59. The van der Waals surface area contributed by atoms with E-state index in [0.717, 1.165) is 16.7 Å². The predicted octanol–water partition coefficient (Wildman–Crippen LogP) is 2.72. The van der Waals surface area contributed by atoms with Gasteiger partial charge in [0.05, 0.1) is 0 Å². The molecule has 2 N–H and O–H groups in total. The molecule has 2 heterocycles. The minimum absolute atomic E-state index is 0.226. The van der Waals surface area contributed by atoms with Gasteiger partial charge in [0.15, 0.2) is 0 Å². The van der Waals surface area contributed by atoms with Crippen molar-refractivity contribution in [1.29, 1.82) is 0 Å². The Bertz CT molecular complexity index is 851. The molecule has 0 aliphatic rings. The summed E-state index contributed by atoms with van der Waals surface area (Å²) >= 11 is 0. The van der Waals surface area contributed by atoms with Crippen LogP contribution < -0.4 is 10.6 Å². The van der Waals surface area contributed by atoms with E-state index < -0.39 is 0 Å². The van der Waals surface area contributed by atoms with Gasteiger partial charge in [-0.3, -0.25) is 9.78 Å². The lowest BCUT2D eigenvalue weighted by molar-refractivity contribution is 0.0946. The predicted molar refractivity (Wildman–Crippen MR) is 95.9 cm³/mol. The van der Waals surface area contributed by atoms with Crippen LogP contribution in [0.15, 0.2) is 61.1 Å². The molecule has 6 nitrogen and oxygen atoms in total. The lowest BCUT2D eigenvalue weighted by Gasteiger charge is -2.08. The molecule has 3 aromatic rings. The highest BCUT2D eigenvalue weighted by Gasteiger charge is 2.08. The molecule has 3 rings (SSSR count). The van der Waals surface area contributed by atoms with Crippen molar-refractivity contribution in [2.24, 2.45) is 0 Å². The number of pyridine rings is 1. The molecule has 0 radical (unpaired) electrons. The molecule has 2 aromatic heterocycles. The molecule has 0 aliphatic heterocycles. The Morgan fingerprint density at radius 1 is 1.00 bits per heavy atom. The molecular formula is C19H19N5O. The number of nitrogens with zero attached hydrogens (tertiary/aromatic N) is 3. The van der Waals surface area contributed by atoms with Gasteiger partial charge in [0, 0.05) is 31.7 Å². The fourth-order valence-corrected chi connectivity index (χ4v) is 2.35. The second-order valence-electron chi connectivity index (χ2n) is 5.65. The minimum atomic E-state index is -0.226. The maximum atomic E-state index is 12.3. The number of carbonyl (C=O) groups excluding carboxylic acids is 1. The van der Waals surface area contributed by atoms with Crippen molar-refractivity contribution in [2.45, 2.75) is 20.0 Å². The van der Waals surface area contributed by atoms with Crippen LogP contribution in [-0.2, 0) is 13.1 Å². The van der Waals surface area contributed by atoms with Crippen molar-refractivity contribution in [1.82, 2.24) is 20.3 Å².